The molecule has 2 aromatic rings. The Morgan fingerprint density at radius 2 is 1.63 bits per heavy atom. The van der Waals surface area contributed by atoms with Crippen LogP contribution in [-0.2, 0) is 11.2 Å². The largest absolute Gasteiger partial charge is 0.497 e. The van der Waals surface area contributed by atoms with Crippen molar-refractivity contribution in [3.8, 4) is 5.75 Å². The summed E-state index contributed by atoms with van der Waals surface area (Å²) in [5, 5.41) is 0. The van der Waals surface area contributed by atoms with E-state index in [9.17, 15) is 9.59 Å². The van der Waals surface area contributed by atoms with E-state index in [2.05, 4.69) is 31.2 Å². The summed E-state index contributed by atoms with van der Waals surface area (Å²) in [5.74, 6) is 0.815. The summed E-state index contributed by atoms with van der Waals surface area (Å²) in [6, 6.07) is 15.5. The van der Waals surface area contributed by atoms with Gasteiger partial charge >= 0.3 is 0 Å². The highest BCUT2D eigenvalue weighted by molar-refractivity contribution is 5.94. The Hall–Kier alpha value is -2.82. The van der Waals surface area contributed by atoms with Crippen molar-refractivity contribution < 1.29 is 14.3 Å². The zero-order valence-corrected chi connectivity index (χ0v) is 16.0. The van der Waals surface area contributed by atoms with E-state index in [1.807, 2.05) is 17.0 Å². The molecule has 5 heteroatoms. The lowest BCUT2D eigenvalue weighted by atomic mass is 10.1. The Bertz CT molecular complexity index is 793. The fourth-order valence-corrected chi connectivity index (χ4v) is 3.26. The predicted octanol–water partition coefficient (Wildman–Crippen LogP) is 2.92. The number of carbonyl (C=O) groups excluding carboxylic acids is 2. The molecule has 0 spiro atoms. The van der Waals surface area contributed by atoms with Gasteiger partial charge in [0.1, 0.15) is 5.75 Å². The van der Waals surface area contributed by atoms with Gasteiger partial charge in [-0.15, -0.1) is 0 Å². The Labute approximate surface area is 160 Å². The maximum absolute atomic E-state index is 12.6. The van der Waals surface area contributed by atoms with Crippen LogP contribution in [0.1, 0.15) is 27.9 Å². The van der Waals surface area contributed by atoms with Crippen LogP contribution in [0, 0.1) is 6.92 Å². The maximum Gasteiger partial charge on any atom is 0.254 e. The molecule has 1 heterocycles. The van der Waals surface area contributed by atoms with Crippen LogP contribution in [-0.4, -0.2) is 54.9 Å². The van der Waals surface area contributed by atoms with E-state index in [4.69, 9.17) is 4.74 Å². The standard InChI is InChI=1S/C22H26N2O3/c1-17-6-8-18(9-7-17)10-11-21(25)23-12-14-24(15-13-23)22(26)19-4-3-5-20(16-19)27-2/h3-9,16H,10-15H2,1-2H3. The number of nitrogens with zero attached hydrogens (tertiary/aromatic N) is 2. The average molecular weight is 366 g/mol. The number of hydrogen-bond donors (Lipinski definition) is 0. The summed E-state index contributed by atoms with van der Waals surface area (Å²) in [6.07, 6.45) is 1.26. The molecule has 0 aromatic heterocycles. The molecule has 0 atom stereocenters. The van der Waals surface area contributed by atoms with Gasteiger partial charge < -0.3 is 14.5 Å². The van der Waals surface area contributed by atoms with Crippen molar-refractivity contribution in [2.75, 3.05) is 33.3 Å². The van der Waals surface area contributed by atoms with Gasteiger partial charge in [-0.1, -0.05) is 35.9 Å². The van der Waals surface area contributed by atoms with Crippen LogP contribution < -0.4 is 4.74 Å². The third-order valence-electron chi connectivity index (χ3n) is 4.98. The molecule has 1 aliphatic heterocycles. The number of rotatable bonds is 5. The van der Waals surface area contributed by atoms with E-state index < -0.39 is 0 Å². The second-order valence-corrected chi connectivity index (χ2v) is 6.89. The van der Waals surface area contributed by atoms with Crippen molar-refractivity contribution >= 4 is 11.8 Å². The highest BCUT2D eigenvalue weighted by atomic mass is 16.5. The van der Waals surface area contributed by atoms with Crippen molar-refractivity contribution in [1.82, 2.24) is 9.80 Å². The first-order valence-corrected chi connectivity index (χ1v) is 9.33. The smallest absolute Gasteiger partial charge is 0.254 e. The van der Waals surface area contributed by atoms with Gasteiger partial charge in [-0.2, -0.15) is 0 Å². The number of ether oxygens (including phenoxy) is 1. The molecule has 0 bridgehead atoms. The molecule has 3 rings (SSSR count). The van der Waals surface area contributed by atoms with Crippen LogP contribution in [0.5, 0.6) is 5.75 Å². The van der Waals surface area contributed by atoms with Gasteiger partial charge in [0.05, 0.1) is 7.11 Å². The first kappa shape index (κ1) is 19.0. The molecule has 1 fully saturated rings. The molecule has 2 aromatic carbocycles. The van der Waals surface area contributed by atoms with Gasteiger partial charge in [0.25, 0.3) is 5.91 Å². The van der Waals surface area contributed by atoms with Gasteiger partial charge in [-0.05, 0) is 37.1 Å². The van der Waals surface area contributed by atoms with E-state index in [0.717, 1.165) is 6.42 Å². The number of methoxy groups -OCH3 is 1. The molecule has 0 radical (unpaired) electrons. The minimum atomic E-state index is -0.0133. The van der Waals surface area contributed by atoms with Crippen LogP contribution in [0.2, 0.25) is 0 Å². The van der Waals surface area contributed by atoms with Gasteiger partial charge in [0.15, 0.2) is 0 Å². The lowest BCUT2D eigenvalue weighted by molar-refractivity contribution is -0.132. The molecule has 142 valence electrons. The summed E-state index contributed by atoms with van der Waals surface area (Å²) >= 11 is 0. The van der Waals surface area contributed by atoms with Crippen molar-refractivity contribution in [3.05, 3.63) is 65.2 Å². The topological polar surface area (TPSA) is 49.9 Å². The molecule has 5 nitrogen and oxygen atoms in total. The third kappa shape index (κ3) is 4.88. The normalized spacial score (nSPS) is 14.1. The van der Waals surface area contributed by atoms with E-state index >= 15 is 0 Å². The van der Waals surface area contributed by atoms with Crippen molar-refractivity contribution in [2.45, 2.75) is 19.8 Å². The molecule has 0 aliphatic carbocycles. The molecule has 1 aliphatic rings. The molecular formula is C22H26N2O3. The van der Waals surface area contributed by atoms with Crippen LogP contribution in [0.4, 0.5) is 0 Å². The number of carbonyl (C=O) groups is 2. The van der Waals surface area contributed by atoms with Crippen molar-refractivity contribution in [3.63, 3.8) is 0 Å². The summed E-state index contributed by atoms with van der Waals surface area (Å²) in [6.45, 7) is 4.35. The van der Waals surface area contributed by atoms with Gasteiger partial charge in [0, 0.05) is 38.2 Å². The zero-order valence-electron chi connectivity index (χ0n) is 16.0. The van der Waals surface area contributed by atoms with E-state index in [1.165, 1.54) is 11.1 Å². The summed E-state index contributed by atoms with van der Waals surface area (Å²) < 4.78 is 5.19. The predicted molar refractivity (Wildman–Crippen MR) is 105 cm³/mol. The number of hydrogen-bond acceptors (Lipinski definition) is 3. The molecule has 2 amide bonds. The molecule has 27 heavy (non-hydrogen) atoms. The molecule has 0 N–H and O–H groups in total. The van der Waals surface area contributed by atoms with Crippen LogP contribution in [0.25, 0.3) is 0 Å². The molecule has 0 saturated carbocycles. The Balaban J connectivity index is 1.49. The van der Waals surface area contributed by atoms with Crippen LogP contribution >= 0.6 is 0 Å². The summed E-state index contributed by atoms with van der Waals surface area (Å²) in [7, 11) is 1.59. The summed E-state index contributed by atoms with van der Waals surface area (Å²) in [5.41, 5.74) is 3.02. The first-order valence-electron chi connectivity index (χ1n) is 9.33. The fraction of sp³-hybridized carbons (Fsp3) is 0.364. The van der Waals surface area contributed by atoms with Crippen LogP contribution in [0.3, 0.4) is 0 Å². The Kier molecular flexibility index (Phi) is 6.12. The third-order valence-corrected chi connectivity index (χ3v) is 4.98. The van der Waals surface area contributed by atoms with E-state index in [1.54, 1.807) is 24.1 Å². The second kappa shape index (κ2) is 8.71. The first-order chi connectivity index (χ1) is 13.1. The quantitative estimate of drug-likeness (QED) is 0.818. The monoisotopic (exact) mass is 366 g/mol. The lowest BCUT2D eigenvalue weighted by Gasteiger charge is -2.35. The van der Waals surface area contributed by atoms with Gasteiger partial charge in [-0.3, -0.25) is 9.59 Å². The number of benzene rings is 2. The molecule has 0 unspecified atom stereocenters. The number of amides is 2. The minimum absolute atomic E-state index is 0.0133. The maximum atomic E-state index is 12.6. The Morgan fingerprint density at radius 3 is 2.30 bits per heavy atom. The highest BCUT2D eigenvalue weighted by Gasteiger charge is 2.24. The minimum Gasteiger partial charge on any atom is -0.497 e. The van der Waals surface area contributed by atoms with E-state index in [0.29, 0.717) is 43.9 Å². The Morgan fingerprint density at radius 1 is 0.963 bits per heavy atom. The average Bonchev–Trinajstić information content (AvgIpc) is 2.72. The molecular weight excluding hydrogens is 340 g/mol. The summed E-state index contributed by atoms with van der Waals surface area (Å²) in [4.78, 5) is 28.8. The van der Waals surface area contributed by atoms with Crippen molar-refractivity contribution in [2.24, 2.45) is 0 Å². The number of piperazine rings is 1. The van der Waals surface area contributed by atoms with Gasteiger partial charge in [0.2, 0.25) is 5.91 Å². The van der Waals surface area contributed by atoms with Crippen molar-refractivity contribution in [1.29, 1.82) is 0 Å². The lowest BCUT2D eigenvalue weighted by Crippen LogP contribution is -2.50. The van der Waals surface area contributed by atoms with Gasteiger partial charge in [-0.25, -0.2) is 0 Å². The SMILES string of the molecule is COc1cccc(C(=O)N2CCN(C(=O)CCc3ccc(C)cc3)CC2)c1. The fourth-order valence-electron chi connectivity index (χ4n) is 3.26. The van der Waals surface area contributed by atoms with E-state index in [-0.39, 0.29) is 11.8 Å². The van der Waals surface area contributed by atoms with Crippen LogP contribution in [0.15, 0.2) is 48.5 Å². The second-order valence-electron chi connectivity index (χ2n) is 6.89. The molecule has 1 saturated heterocycles. The zero-order chi connectivity index (χ0) is 19.2. The highest BCUT2D eigenvalue weighted by Crippen LogP contribution is 2.16. The number of aryl methyl sites for hydroxylation is 2.